The smallest absolute Gasteiger partial charge is 0.337 e. The van der Waals surface area contributed by atoms with Crippen molar-refractivity contribution in [1.82, 2.24) is 4.98 Å². The van der Waals surface area contributed by atoms with Crippen molar-refractivity contribution in [3.8, 4) is 5.75 Å². The molecule has 0 aliphatic heterocycles. The maximum absolute atomic E-state index is 12.8. The van der Waals surface area contributed by atoms with Crippen LogP contribution in [0.3, 0.4) is 0 Å². The quantitative estimate of drug-likeness (QED) is 0.557. The van der Waals surface area contributed by atoms with Crippen molar-refractivity contribution in [3.05, 3.63) is 75.2 Å². The third-order valence-electron chi connectivity index (χ3n) is 4.19. The number of nitrogens with one attached hydrogen (secondary N) is 1. The third kappa shape index (κ3) is 5.46. The Morgan fingerprint density at radius 1 is 0.968 bits per heavy atom. The molecule has 1 aromatic heterocycles. The molecule has 9 heteroatoms. The SMILES string of the molecule is COC(=O)c1cc(NC(=O)c2sc(COc3ccccc3)nc2C)cc(C(=O)OC)c1. The van der Waals surface area contributed by atoms with E-state index in [9.17, 15) is 14.4 Å². The van der Waals surface area contributed by atoms with Gasteiger partial charge in [0.1, 0.15) is 22.2 Å². The summed E-state index contributed by atoms with van der Waals surface area (Å²) in [6.07, 6.45) is 0. The lowest BCUT2D eigenvalue weighted by Crippen LogP contribution is -2.14. The number of ether oxygens (including phenoxy) is 3. The third-order valence-corrected chi connectivity index (χ3v) is 5.32. The number of carbonyl (C=O) groups is 3. The molecule has 0 saturated carbocycles. The first kappa shape index (κ1) is 22.0. The summed E-state index contributed by atoms with van der Waals surface area (Å²) in [5, 5.41) is 3.34. The zero-order valence-electron chi connectivity index (χ0n) is 17.1. The molecule has 160 valence electrons. The molecule has 0 saturated heterocycles. The lowest BCUT2D eigenvalue weighted by Gasteiger charge is -2.09. The Hall–Kier alpha value is -3.72. The van der Waals surface area contributed by atoms with Crippen LogP contribution in [0.1, 0.15) is 41.1 Å². The monoisotopic (exact) mass is 440 g/mol. The van der Waals surface area contributed by atoms with Gasteiger partial charge in [0, 0.05) is 5.69 Å². The summed E-state index contributed by atoms with van der Waals surface area (Å²) < 4.78 is 15.1. The molecule has 3 aromatic rings. The number of esters is 2. The molecule has 0 aliphatic rings. The fraction of sp³-hybridized carbons (Fsp3) is 0.182. The number of hydrogen-bond donors (Lipinski definition) is 1. The average molecular weight is 440 g/mol. The Morgan fingerprint density at radius 2 is 1.58 bits per heavy atom. The molecule has 1 heterocycles. The molecule has 0 bridgehead atoms. The predicted molar refractivity (Wildman–Crippen MR) is 115 cm³/mol. The van der Waals surface area contributed by atoms with Crippen molar-refractivity contribution in [2.24, 2.45) is 0 Å². The van der Waals surface area contributed by atoms with E-state index < -0.39 is 17.8 Å². The molecular formula is C22H20N2O6S. The molecule has 0 aliphatic carbocycles. The minimum Gasteiger partial charge on any atom is -0.486 e. The van der Waals surface area contributed by atoms with Crippen LogP contribution in [-0.4, -0.2) is 37.0 Å². The predicted octanol–water partition coefficient (Wildman–Crippen LogP) is 3.86. The van der Waals surface area contributed by atoms with E-state index in [0.29, 0.717) is 21.3 Å². The minimum absolute atomic E-state index is 0.110. The summed E-state index contributed by atoms with van der Waals surface area (Å²) in [7, 11) is 2.45. The van der Waals surface area contributed by atoms with Crippen molar-refractivity contribution in [2.75, 3.05) is 19.5 Å². The van der Waals surface area contributed by atoms with Crippen molar-refractivity contribution in [2.45, 2.75) is 13.5 Å². The van der Waals surface area contributed by atoms with E-state index in [1.54, 1.807) is 6.92 Å². The molecule has 0 unspecified atom stereocenters. The molecule has 0 atom stereocenters. The lowest BCUT2D eigenvalue weighted by atomic mass is 10.1. The number of anilines is 1. The van der Waals surface area contributed by atoms with Crippen LogP contribution < -0.4 is 10.1 Å². The molecule has 1 amide bonds. The van der Waals surface area contributed by atoms with Gasteiger partial charge in [0.15, 0.2) is 0 Å². The summed E-state index contributed by atoms with van der Waals surface area (Å²) in [6.45, 7) is 1.95. The largest absolute Gasteiger partial charge is 0.486 e. The maximum Gasteiger partial charge on any atom is 0.337 e. The van der Waals surface area contributed by atoms with Gasteiger partial charge in [-0.3, -0.25) is 4.79 Å². The Labute approximate surface area is 182 Å². The number of carbonyl (C=O) groups excluding carboxylic acids is 3. The van der Waals surface area contributed by atoms with Crippen LogP contribution in [0.5, 0.6) is 5.75 Å². The first-order chi connectivity index (χ1) is 14.9. The first-order valence-corrected chi connectivity index (χ1v) is 10.00. The highest BCUT2D eigenvalue weighted by Crippen LogP contribution is 2.23. The second kappa shape index (κ2) is 9.86. The number of amides is 1. The van der Waals surface area contributed by atoms with Crippen LogP contribution in [0.2, 0.25) is 0 Å². The number of methoxy groups -OCH3 is 2. The van der Waals surface area contributed by atoms with E-state index in [4.69, 9.17) is 14.2 Å². The van der Waals surface area contributed by atoms with Crippen LogP contribution in [0.25, 0.3) is 0 Å². The average Bonchev–Trinajstić information content (AvgIpc) is 3.17. The van der Waals surface area contributed by atoms with E-state index in [2.05, 4.69) is 10.3 Å². The Kier molecular flexibility index (Phi) is 6.99. The zero-order valence-corrected chi connectivity index (χ0v) is 17.9. The summed E-state index contributed by atoms with van der Waals surface area (Å²) in [6, 6.07) is 13.5. The van der Waals surface area contributed by atoms with E-state index >= 15 is 0 Å². The second-order valence-electron chi connectivity index (χ2n) is 6.36. The number of aromatic nitrogens is 1. The number of aryl methyl sites for hydroxylation is 1. The van der Waals surface area contributed by atoms with Crippen molar-refractivity contribution < 1.29 is 28.6 Å². The molecule has 31 heavy (non-hydrogen) atoms. The van der Waals surface area contributed by atoms with Crippen LogP contribution in [0.15, 0.2) is 48.5 Å². The topological polar surface area (TPSA) is 104 Å². The number of hydrogen-bond acceptors (Lipinski definition) is 8. The van der Waals surface area contributed by atoms with Crippen LogP contribution in [-0.2, 0) is 16.1 Å². The highest BCUT2D eigenvalue weighted by atomic mass is 32.1. The summed E-state index contributed by atoms with van der Waals surface area (Å²) in [5.41, 5.74) is 1.02. The van der Waals surface area contributed by atoms with Crippen molar-refractivity contribution >= 4 is 34.9 Å². The second-order valence-corrected chi connectivity index (χ2v) is 7.44. The van der Waals surface area contributed by atoms with Gasteiger partial charge in [0.2, 0.25) is 0 Å². The molecule has 3 rings (SSSR count). The molecule has 8 nitrogen and oxygen atoms in total. The van der Waals surface area contributed by atoms with E-state index in [1.807, 2.05) is 30.3 Å². The van der Waals surface area contributed by atoms with Crippen LogP contribution in [0.4, 0.5) is 5.69 Å². The highest BCUT2D eigenvalue weighted by Gasteiger charge is 2.19. The standard InChI is InChI=1S/C22H20N2O6S/c1-13-19(31-18(23-13)12-30-17-7-5-4-6-8-17)20(25)24-16-10-14(21(26)28-2)9-15(11-16)22(27)29-3/h4-11H,12H2,1-3H3,(H,24,25). The molecule has 2 aromatic carbocycles. The van der Waals surface area contributed by atoms with Gasteiger partial charge in [-0.15, -0.1) is 11.3 Å². The molecule has 0 spiro atoms. The highest BCUT2D eigenvalue weighted by molar-refractivity contribution is 7.13. The fourth-order valence-electron chi connectivity index (χ4n) is 2.75. The van der Waals surface area contributed by atoms with E-state index in [-0.39, 0.29) is 23.4 Å². The minimum atomic E-state index is -0.643. The number of para-hydroxylation sites is 1. The normalized spacial score (nSPS) is 10.3. The number of benzene rings is 2. The van der Waals surface area contributed by atoms with Gasteiger partial charge in [0.05, 0.1) is 31.0 Å². The van der Waals surface area contributed by atoms with Gasteiger partial charge in [0.25, 0.3) is 5.91 Å². The first-order valence-electron chi connectivity index (χ1n) is 9.18. The number of thiazole rings is 1. The van der Waals surface area contributed by atoms with Gasteiger partial charge < -0.3 is 19.5 Å². The van der Waals surface area contributed by atoms with Gasteiger partial charge in [-0.05, 0) is 37.3 Å². The summed E-state index contributed by atoms with van der Waals surface area (Å²) in [5.74, 6) is -0.999. The number of nitrogens with zero attached hydrogens (tertiary/aromatic N) is 1. The fourth-order valence-corrected chi connectivity index (χ4v) is 3.62. The zero-order chi connectivity index (χ0) is 22.4. The van der Waals surface area contributed by atoms with Crippen molar-refractivity contribution in [3.63, 3.8) is 0 Å². The molecular weight excluding hydrogens is 420 g/mol. The van der Waals surface area contributed by atoms with Gasteiger partial charge in [-0.2, -0.15) is 0 Å². The van der Waals surface area contributed by atoms with E-state index in [1.165, 1.54) is 43.8 Å². The van der Waals surface area contributed by atoms with Crippen LogP contribution in [0, 0.1) is 6.92 Å². The molecule has 0 fully saturated rings. The Balaban J connectivity index is 1.78. The van der Waals surface area contributed by atoms with Crippen molar-refractivity contribution in [1.29, 1.82) is 0 Å². The lowest BCUT2D eigenvalue weighted by molar-refractivity contribution is 0.0599. The Morgan fingerprint density at radius 3 is 2.16 bits per heavy atom. The number of rotatable bonds is 7. The van der Waals surface area contributed by atoms with Crippen LogP contribution >= 0.6 is 11.3 Å². The summed E-state index contributed by atoms with van der Waals surface area (Å²) >= 11 is 1.20. The molecule has 0 radical (unpaired) electrons. The molecule has 1 N–H and O–H groups in total. The Bertz CT molecular complexity index is 1080. The maximum atomic E-state index is 12.8. The summed E-state index contributed by atoms with van der Waals surface area (Å²) in [4.78, 5) is 41.4. The van der Waals surface area contributed by atoms with E-state index in [0.717, 1.165) is 0 Å². The van der Waals surface area contributed by atoms with Gasteiger partial charge in [-0.25, -0.2) is 14.6 Å². The van der Waals surface area contributed by atoms with Gasteiger partial charge in [-0.1, -0.05) is 18.2 Å². The van der Waals surface area contributed by atoms with Gasteiger partial charge >= 0.3 is 11.9 Å².